The number of allylic oxidation sites excluding steroid dienone is 1. The van der Waals surface area contributed by atoms with Gasteiger partial charge in [0.15, 0.2) is 5.78 Å². The average Bonchev–Trinajstić information content (AvgIpc) is 3.27. The predicted molar refractivity (Wildman–Crippen MR) is 120 cm³/mol. The molecule has 1 saturated heterocycles. The fourth-order valence-electron chi connectivity index (χ4n) is 4.62. The van der Waals surface area contributed by atoms with E-state index >= 15 is 0 Å². The maximum absolute atomic E-state index is 11.8. The molecule has 4 heterocycles. The number of carbonyl (C=O) groups is 1. The predicted octanol–water partition coefficient (Wildman–Crippen LogP) is 3.84. The smallest absolute Gasteiger partial charge is 0.214 e. The summed E-state index contributed by atoms with van der Waals surface area (Å²) in [6, 6.07) is 4.55. The van der Waals surface area contributed by atoms with Crippen molar-refractivity contribution in [3.8, 4) is 17.0 Å². The molecule has 0 unspecified atom stereocenters. The Labute approximate surface area is 186 Å². The molecule has 3 aliphatic rings. The van der Waals surface area contributed by atoms with Gasteiger partial charge in [-0.05, 0) is 44.7 Å². The van der Waals surface area contributed by atoms with Gasteiger partial charge in [0.1, 0.15) is 17.7 Å². The average molecular weight is 440 g/mol. The number of nitrogens with zero attached hydrogens (tertiary/aromatic N) is 5. The monoisotopic (exact) mass is 439 g/mol. The lowest BCUT2D eigenvalue weighted by atomic mass is 9.93. The summed E-state index contributed by atoms with van der Waals surface area (Å²) < 4.78 is 8.40. The van der Waals surface area contributed by atoms with Gasteiger partial charge in [0.05, 0.1) is 24.0 Å². The SMILES string of the molecule is Cc1nn(C2CCC2)c(C)c1-c1ccnc(O[C@@H]2CCN(C3=C(Cl)C(=O)CN=C3)C2)c1. The second kappa shape index (κ2) is 8.11. The van der Waals surface area contributed by atoms with Crippen LogP contribution in [0, 0.1) is 13.8 Å². The fourth-order valence-corrected chi connectivity index (χ4v) is 4.84. The maximum Gasteiger partial charge on any atom is 0.214 e. The van der Waals surface area contributed by atoms with Crippen molar-refractivity contribution in [3.05, 3.63) is 40.4 Å². The number of Topliss-reactive ketones (excluding diaryl/α,β-unsaturated/α-hetero) is 1. The Morgan fingerprint density at radius 1 is 1.23 bits per heavy atom. The van der Waals surface area contributed by atoms with Crippen molar-refractivity contribution in [3.63, 3.8) is 0 Å². The van der Waals surface area contributed by atoms with Crippen LogP contribution in [0.4, 0.5) is 0 Å². The zero-order valence-electron chi connectivity index (χ0n) is 17.8. The van der Waals surface area contributed by atoms with Crippen molar-refractivity contribution >= 4 is 23.6 Å². The van der Waals surface area contributed by atoms with E-state index in [0.717, 1.165) is 24.2 Å². The second-order valence-corrected chi connectivity index (χ2v) is 8.90. The van der Waals surface area contributed by atoms with Gasteiger partial charge in [-0.1, -0.05) is 11.6 Å². The number of pyridine rings is 1. The normalized spacial score (nSPS) is 21.7. The van der Waals surface area contributed by atoms with E-state index in [9.17, 15) is 4.79 Å². The molecule has 0 spiro atoms. The van der Waals surface area contributed by atoms with Gasteiger partial charge in [-0.15, -0.1) is 0 Å². The van der Waals surface area contributed by atoms with E-state index in [0.29, 0.717) is 24.2 Å². The van der Waals surface area contributed by atoms with Gasteiger partial charge in [0.2, 0.25) is 5.88 Å². The van der Waals surface area contributed by atoms with Crippen molar-refractivity contribution in [2.45, 2.75) is 51.7 Å². The number of aliphatic imine (C=N–C) groups is 1. The van der Waals surface area contributed by atoms with Crippen LogP contribution in [-0.2, 0) is 4.79 Å². The van der Waals surface area contributed by atoms with Crippen molar-refractivity contribution in [1.29, 1.82) is 0 Å². The molecule has 1 aliphatic carbocycles. The summed E-state index contributed by atoms with van der Waals surface area (Å²) in [7, 11) is 0. The molecular weight excluding hydrogens is 414 g/mol. The maximum atomic E-state index is 11.8. The Morgan fingerprint density at radius 2 is 2.06 bits per heavy atom. The summed E-state index contributed by atoms with van der Waals surface area (Å²) in [5.41, 5.74) is 5.18. The zero-order chi connectivity index (χ0) is 21.5. The summed E-state index contributed by atoms with van der Waals surface area (Å²) in [5, 5.41) is 5.08. The van der Waals surface area contributed by atoms with Crippen LogP contribution in [0.3, 0.4) is 0 Å². The van der Waals surface area contributed by atoms with E-state index < -0.39 is 0 Å². The van der Waals surface area contributed by atoms with Gasteiger partial charge in [-0.25, -0.2) is 4.98 Å². The highest BCUT2D eigenvalue weighted by Crippen LogP contribution is 2.36. The van der Waals surface area contributed by atoms with E-state index in [1.54, 1.807) is 12.4 Å². The number of halogens is 1. The van der Waals surface area contributed by atoms with Crippen molar-refractivity contribution in [1.82, 2.24) is 19.7 Å². The minimum atomic E-state index is -0.133. The Balaban J connectivity index is 1.32. The molecule has 7 nitrogen and oxygen atoms in total. The summed E-state index contributed by atoms with van der Waals surface area (Å²) in [5.74, 6) is 0.471. The van der Waals surface area contributed by atoms with Gasteiger partial charge in [-0.3, -0.25) is 14.5 Å². The number of ether oxygens (including phenoxy) is 1. The lowest BCUT2D eigenvalue weighted by Gasteiger charge is -2.27. The minimum absolute atomic E-state index is 0.0231. The molecule has 0 radical (unpaired) electrons. The van der Waals surface area contributed by atoms with Crippen molar-refractivity contribution < 1.29 is 9.53 Å². The Hall–Kier alpha value is -2.67. The molecule has 162 valence electrons. The number of dihydropyridines is 1. The van der Waals surface area contributed by atoms with Crippen molar-refractivity contribution in [2.24, 2.45) is 4.99 Å². The van der Waals surface area contributed by atoms with Gasteiger partial charge in [0, 0.05) is 42.7 Å². The summed E-state index contributed by atoms with van der Waals surface area (Å²) >= 11 is 6.21. The number of aryl methyl sites for hydroxylation is 1. The molecule has 8 heteroatoms. The van der Waals surface area contributed by atoms with Crippen LogP contribution < -0.4 is 4.74 Å². The van der Waals surface area contributed by atoms with Gasteiger partial charge >= 0.3 is 0 Å². The number of ketones is 1. The lowest BCUT2D eigenvalue weighted by molar-refractivity contribution is -0.113. The highest BCUT2D eigenvalue weighted by Gasteiger charge is 2.30. The number of likely N-dealkylation sites (tertiary alicyclic amines) is 1. The zero-order valence-corrected chi connectivity index (χ0v) is 18.6. The van der Waals surface area contributed by atoms with E-state index in [2.05, 4.69) is 33.4 Å². The quantitative estimate of drug-likeness (QED) is 0.707. The second-order valence-electron chi connectivity index (χ2n) is 8.52. The number of carbonyl (C=O) groups excluding carboxylic acids is 1. The molecule has 31 heavy (non-hydrogen) atoms. The van der Waals surface area contributed by atoms with Gasteiger partial charge < -0.3 is 9.64 Å². The molecule has 2 fully saturated rings. The summed E-state index contributed by atoms with van der Waals surface area (Å²) in [4.78, 5) is 22.5. The first kappa shape index (κ1) is 20.2. The third kappa shape index (κ3) is 3.76. The van der Waals surface area contributed by atoms with Crippen LogP contribution in [0.1, 0.15) is 43.1 Å². The van der Waals surface area contributed by atoms with Crippen LogP contribution in [0.25, 0.3) is 11.1 Å². The molecule has 2 aliphatic heterocycles. The summed E-state index contributed by atoms with van der Waals surface area (Å²) in [6.07, 6.45) is 8.00. The number of aromatic nitrogens is 3. The Bertz CT molecular complexity index is 1090. The lowest BCUT2D eigenvalue weighted by Crippen LogP contribution is -2.28. The third-order valence-corrected chi connectivity index (χ3v) is 6.86. The minimum Gasteiger partial charge on any atom is -0.472 e. The Morgan fingerprint density at radius 3 is 2.84 bits per heavy atom. The number of hydrogen-bond acceptors (Lipinski definition) is 6. The molecule has 0 bridgehead atoms. The molecule has 2 aromatic heterocycles. The first-order valence-corrected chi connectivity index (χ1v) is 11.3. The van der Waals surface area contributed by atoms with E-state index in [-0.39, 0.29) is 23.5 Å². The van der Waals surface area contributed by atoms with Gasteiger partial charge in [0.25, 0.3) is 0 Å². The molecule has 1 saturated carbocycles. The highest BCUT2D eigenvalue weighted by molar-refractivity contribution is 6.44. The van der Waals surface area contributed by atoms with Crippen LogP contribution in [-0.4, -0.2) is 57.4 Å². The van der Waals surface area contributed by atoms with E-state index in [1.165, 1.54) is 30.5 Å². The largest absolute Gasteiger partial charge is 0.472 e. The first-order valence-electron chi connectivity index (χ1n) is 10.9. The highest BCUT2D eigenvalue weighted by atomic mass is 35.5. The topological polar surface area (TPSA) is 72.6 Å². The third-order valence-electron chi connectivity index (χ3n) is 6.46. The molecule has 0 aromatic carbocycles. The van der Waals surface area contributed by atoms with Crippen molar-refractivity contribution in [2.75, 3.05) is 19.6 Å². The molecule has 0 N–H and O–H groups in total. The van der Waals surface area contributed by atoms with Crippen LogP contribution >= 0.6 is 11.6 Å². The number of rotatable bonds is 5. The molecular formula is C23H26ClN5O2. The van der Waals surface area contributed by atoms with Gasteiger partial charge in [-0.2, -0.15) is 5.10 Å². The first-order chi connectivity index (χ1) is 15.0. The molecule has 0 amide bonds. The Kier molecular flexibility index (Phi) is 5.30. The van der Waals surface area contributed by atoms with Crippen LogP contribution in [0.2, 0.25) is 0 Å². The summed E-state index contributed by atoms with van der Waals surface area (Å²) in [6.45, 7) is 5.75. The van der Waals surface area contributed by atoms with Crippen LogP contribution in [0.15, 0.2) is 34.1 Å². The van der Waals surface area contributed by atoms with E-state index in [4.69, 9.17) is 21.4 Å². The number of hydrogen-bond donors (Lipinski definition) is 0. The fraction of sp³-hybridized carbons (Fsp3) is 0.478. The standard InChI is InChI=1S/C23H26ClN5O2/c1-14-22(15(2)29(27-14)17-4-3-5-17)16-6-8-26-21(10-16)31-18-7-9-28(13-18)19-11-25-12-20(30)23(19)24/h6,8,10-11,17-18H,3-5,7,9,12-13H2,1-2H3/t18-/m1/s1. The molecule has 2 aromatic rings. The van der Waals surface area contributed by atoms with Crippen LogP contribution in [0.5, 0.6) is 5.88 Å². The molecule has 1 atom stereocenters. The molecule has 5 rings (SSSR count). The van der Waals surface area contributed by atoms with E-state index in [1.807, 2.05) is 12.1 Å².